The summed E-state index contributed by atoms with van der Waals surface area (Å²) in [6.07, 6.45) is 2.65. The van der Waals surface area contributed by atoms with Gasteiger partial charge in [-0.15, -0.1) is 0 Å². The monoisotopic (exact) mass is 216 g/mol. The molecule has 1 amide bonds. The predicted molar refractivity (Wildman–Crippen MR) is 60.6 cm³/mol. The highest BCUT2D eigenvalue weighted by Gasteiger charge is 1.97. The van der Waals surface area contributed by atoms with Crippen molar-refractivity contribution in [1.29, 1.82) is 5.26 Å². The first-order valence-corrected chi connectivity index (χ1v) is 4.85. The summed E-state index contributed by atoms with van der Waals surface area (Å²) in [4.78, 5) is 11.3. The van der Waals surface area contributed by atoms with Crippen molar-refractivity contribution >= 4 is 11.6 Å². The molecule has 4 nitrogen and oxygen atoms in total. The molecule has 1 N–H and O–H groups in total. The Kier molecular flexibility index (Phi) is 4.61. The van der Waals surface area contributed by atoms with Gasteiger partial charge in [-0.25, -0.2) is 0 Å². The van der Waals surface area contributed by atoms with E-state index in [4.69, 9.17) is 10.00 Å². The normalized spacial score (nSPS) is 9.75. The Morgan fingerprint density at radius 3 is 2.75 bits per heavy atom. The standard InChI is InChI=1S/C12H12N2O2/c1-2-16-8-7-12(15)14-11-5-3-10(9-13)4-6-11/h3-8H,2H2,1H3,(H,14,15)/b8-7+. The average molecular weight is 216 g/mol. The lowest BCUT2D eigenvalue weighted by molar-refractivity contribution is -0.112. The molecule has 0 saturated heterocycles. The molecule has 4 heteroatoms. The largest absolute Gasteiger partial charge is 0.501 e. The molecule has 82 valence electrons. The first-order valence-electron chi connectivity index (χ1n) is 4.85. The molecule has 0 bridgehead atoms. The molecule has 0 unspecified atom stereocenters. The Hall–Kier alpha value is -2.28. The minimum atomic E-state index is -0.266. The van der Waals surface area contributed by atoms with Gasteiger partial charge in [0.1, 0.15) is 0 Å². The number of carbonyl (C=O) groups is 1. The third-order valence-corrected chi connectivity index (χ3v) is 1.76. The second-order valence-electron chi connectivity index (χ2n) is 2.94. The zero-order valence-electron chi connectivity index (χ0n) is 8.93. The van der Waals surface area contributed by atoms with Gasteiger partial charge < -0.3 is 10.1 Å². The van der Waals surface area contributed by atoms with E-state index in [0.717, 1.165) is 0 Å². The molecular weight excluding hydrogens is 204 g/mol. The van der Waals surface area contributed by atoms with Crippen LogP contribution in [-0.4, -0.2) is 12.5 Å². The number of nitrogens with one attached hydrogen (secondary N) is 1. The van der Waals surface area contributed by atoms with Crippen molar-refractivity contribution in [3.8, 4) is 6.07 Å². The zero-order chi connectivity index (χ0) is 11.8. The van der Waals surface area contributed by atoms with Crippen LogP contribution in [0.3, 0.4) is 0 Å². The Morgan fingerprint density at radius 1 is 1.50 bits per heavy atom. The van der Waals surface area contributed by atoms with Crippen LogP contribution in [-0.2, 0) is 9.53 Å². The number of nitriles is 1. The number of carbonyl (C=O) groups excluding carboxylic acids is 1. The third-order valence-electron chi connectivity index (χ3n) is 1.76. The van der Waals surface area contributed by atoms with Crippen molar-refractivity contribution < 1.29 is 9.53 Å². The van der Waals surface area contributed by atoms with Gasteiger partial charge in [0.15, 0.2) is 0 Å². The fraction of sp³-hybridized carbons (Fsp3) is 0.167. The summed E-state index contributed by atoms with van der Waals surface area (Å²) >= 11 is 0. The molecule has 0 aliphatic heterocycles. The van der Waals surface area contributed by atoms with Crippen LogP contribution < -0.4 is 5.32 Å². The maximum Gasteiger partial charge on any atom is 0.251 e. The quantitative estimate of drug-likeness (QED) is 0.618. The van der Waals surface area contributed by atoms with E-state index in [-0.39, 0.29) is 5.91 Å². The molecule has 0 aliphatic rings. The summed E-state index contributed by atoms with van der Waals surface area (Å²) in [5, 5.41) is 11.2. The maximum absolute atomic E-state index is 11.3. The highest BCUT2D eigenvalue weighted by atomic mass is 16.5. The summed E-state index contributed by atoms with van der Waals surface area (Å²) in [6.45, 7) is 2.36. The number of amides is 1. The molecule has 1 aromatic rings. The maximum atomic E-state index is 11.3. The SMILES string of the molecule is CCO/C=C/C(=O)Nc1ccc(C#N)cc1. The lowest BCUT2D eigenvalue weighted by atomic mass is 10.2. The predicted octanol–water partition coefficient (Wildman–Crippen LogP) is 2.05. The molecule has 0 aromatic heterocycles. The summed E-state index contributed by atoms with van der Waals surface area (Å²) < 4.78 is 4.89. The number of hydrogen-bond acceptors (Lipinski definition) is 3. The summed E-state index contributed by atoms with van der Waals surface area (Å²) in [5.74, 6) is -0.266. The minimum Gasteiger partial charge on any atom is -0.501 e. The first kappa shape index (κ1) is 11.8. The molecule has 1 rings (SSSR count). The topological polar surface area (TPSA) is 62.1 Å². The molecule has 0 fully saturated rings. The molecule has 0 spiro atoms. The summed E-state index contributed by atoms with van der Waals surface area (Å²) in [5.41, 5.74) is 1.20. The number of hydrogen-bond donors (Lipinski definition) is 1. The fourth-order valence-electron chi connectivity index (χ4n) is 1.02. The van der Waals surface area contributed by atoms with E-state index in [1.165, 1.54) is 12.3 Å². The number of ether oxygens (including phenoxy) is 1. The van der Waals surface area contributed by atoms with Crippen LogP contribution >= 0.6 is 0 Å². The summed E-state index contributed by atoms with van der Waals surface area (Å²) in [7, 11) is 0. The Bertz CT molecular complexity index is 416. The first-order chi connectivity index (χ1) is 7.76. The Labute approximate surface area is 94.1 Å². The lowest BCUT2D eigenvalue weighted by Gasteiger charge is -2.01. The van der Waals surface area contributed by atoms with Crippen molar-refractivity contribution in [3.05, 3.63) is 42.2 Å². The molecule has 0 radical (unpaired) electrons. The van der Waals surface area contributed by atoms with E-state index < -0.39 is 0 Å². The van der Waals surface area contributed by atoms with E-state index in [1.807, 2.05) is 13.0 Å². The minimum absolute atomic E-state index is 0.266. The van der Waals surface area contributed by atoms with Gasteiger partial charge >= 0.3 is 0 Å². The van der Waals surface area contributed by atoms with Gasteiger partial charge in [-0.1, -0.05) is 0 Å². The molecular formula is C12H12N2O2. The van der Waals surface area contributed by atoms with Crippen LogP contribution in [0.2, 0.25) is 0 Å². The Balaban J connectivity index is 2.53. The van der Waals surface area contributed by atoms with Gasteiger partial charge in [-0.3, -0.25) is 4.79 Å². The smallest absolute Gasteiger partial charge is 0.251 e. The lowest BCUT2D eigenvalue weighted by Crippen LogP contribution is -2.07. The molecule has 0 atom stereocenters. The average Bonchev–Trinajstić information content (AvgIpc) is 2.30. The number of anilines is 1. The van der Waals surface area contributed by atoms with Gasteiger partial charge in [0.2, 0.25) is 0 Å². The second-order valence-corrected chi connectivity index (χ2v) is 2.94. The van der Waals surface area contributed by atoms with Crippen molar-refractivity contribution in [2.45, 2.75) is 6.92 Å². The fourth-order valence-corrected chi connectivity index (χ4v) is 1.02. The zero-order valence-corrected chi connectivity index (χ0v) is 8.93. The van der Waals surface area contributed by atoms with Crippen LogP contribution in [0.4, 0.5) is 5.69 Å². The molecule has 16 heavy (non-hydrogen) atoms. The van der Waals surface area contributed by atoms with Gasteiger partial charge in [-0.2, -0.15) is 5.26 Å². The molecule has 0 aliphatic carbocycles. The highest BCUT2D eigenvalue weighted by Crippen LogP contribution is 2.08. The van der Waals surface area contributed by atoms with E-state index in [2.05, 4.69) is 5.32 Å². The second kappa shape index (κ2) is 6.25. The molecule has 1 aromatic carbocycles. The highest BCUT2D eigenvalue weighted by molar-refractivity contribution is 5.99. The van der Waals surface area contributed by atoms with Gasteiger partial charge in [-0.05, 0) is 31.2 Å². The molecule has 0 saturated carbocycles. The molecule has 0 heterocycles. The number of benzene rings is 1. The van der Waals surface area contributed by atoms with E-state index in [1.54, 1.807) is 24.3 Å². The van der Waals surface area contributed by atoms with Crippen LogP contribution in [0.1, 0.15) is 12.5 Å². The van der Waals surface area contributed by atoms with Crippen molar-refractivity contribution in [3.63, 3.8) is 0 Å². The third kappa shape index (κ3) is 3.84. The van der Waals surface area contributed by atoms with Gasteiger partial charge in [0.05, 0.1) is 24.5 Å². The van der Waals surface area contributed by atoms with E-state index >= 15 is 0 Å². The van der Waals surface area contributed by atoms with Crippen LogP contribution in [0.5, 0.6) is 0 Å². The number of nitrogens with zero attached hydrogens (tertiary/aromatic N) is 1. The van der Waals surface area contributed by atoms with E-state index in [9.17, 15) is 4.79 Å². The van der Waals surface area contributed by atoms with Gasteiger partial charge in [0, 0.05) is 11.8 Å². The van der Waals surface area contributed by atoms with Crippen LogP contribution in [0.15, 0.2) is 36.6 Å². The number of rotatable bonds is 4. The van der Waals surface area contributed by atoms with Crippen molar-refractivity contribution in [2.75, 3.05) is 11.9 Å². The van der Waals surface area contributed by atoms with Crippen LogP contribution in [0, 0.1) is 11.3 Å². The van der Waals surface area contributed by atoms with Gasteiger partial charge in [0.25, 0.3) is 5.91 Å². The van der Waals surface area contributed by atoms with E-state index in [0.29, 0.717) is 17.9 Å². The van der Waals surface area contributed by atoms with Crippen LogP contribution in [0.25, 0.3) is 0 Å². The summed E-state index contributed by atoms with van der Waals surface area (Å²) in [6, 6.07) is 8.63. The Morgan fingerprint density at radius 2 is 2.19 bits per heavy atom. The van der Waals surface area contributed by atoms with Crippen molar-refractivity contribution in [1.82, 2.24) is 0 Å². The van der Waals surface area contributed by atoms with Crippen molar-refractivity contribution in [2.24, 2.45) is 0 Å².